The maximum Gasteiger partial charge on any atom is 0.236 e. The first-order valence-corrected chi connectivity index (χ1v) is 13.0. The SMILES string of the molecule is CC1=C2CCC(C)CC23OC1C1C(=O)N(CCCCN2CCN(c4ncccn4)CC2)C(=O)C13. The Balaban J connectivity index is 1.02. The first-order chi connectivity index (χ1) is 16.5. The van der Waals surface area contributed by atoms with Crippen molar-refractivity contribution in [2.75, 3.05) is 44.2 Å². The molecule has 34 heavy (non-hydrogen) atoms. The number of likely N-dealkylation sites (tertiary alicyclic amines) is 1. The highest BCUT2D eigenvalue weighted by Gasteiger charge is 2.71. The molecule has 5 unspecified atom stereocenters. The van der Waals surface area contributed by atoms with Crippen molar-refractivity contribution in [2.45, 2.75) is 57.7 Å². The zero-order valence-electron chi connectivity index (χ0n) is 20.3. The number of unbranched alkanes of at least 4 members (excludes halogenated alkanes) is 1. The second kappa shape index (κ2) is 8.41. The molecule has 0 aromatic carbocycles. The van der Waals surface area contributed by atoms with E-state index in [4.69, 9.17) is 4.74 Å². The van der Waals surface area contributed by atoms with Crippen LogP contribution in [0.3, 0.4) is 0 Å². The molecule has 1 spiro atoms. The van der Waals surface area contributed by atoms with Crippen molar-refractivity contribution in [2.24, 2.45) is 17.8 Å². The minimum atomic E-state index is -0.499. The highest BCUT2D eigenvalue weighted by Crippen LogP contribution is 2.62. The van der Waals surface area contributed by atoms with E-state index >= 15 is 0 Å². The topological polar surface area (TPSA) is 78.9 Å². The molecule has 1 saturated carbocycles. The number of piperazine rings is 1. The van der Waals surface area contributed by atoms with Gasteiger partial charge in [0.15, 0.2) is 0 Å². The molecule has 3 saturated heterocycles. The number of ether oxygens (including phenoxy) is 1. The smallest absolute Gasteiger partial charge is 0.236 e. The molecule has 1 aliphatic carbocycles. The molecule has 8 heteroatoms. The second-order valence-electron chi connectivity index (χ2n) is 10.9. The maximum absolute atomic E-state index is 13.5. The van der Waals surface area contributed by atoms with Gasteiger partial charge in [-0.1, -0.05) is 6.92 Å². The third-order valence-electron chi connectivity index (χ3n) is 8.87. The lowest BCUT2D eigenvalue weighted by Crippen LogP contribution is -2.47. The summed E-state index contributed by atoms with van der Waals surface area (Å²) in [6, 6.07) is 1.84. The summed E-state index contributed by atoms with van der Waals surface area (Å²) < 4.78 is 6.49. The molecule has 8 nitrogen and oxygen atoms in total. The first-order valence-electron chi connectivity index (χ1n) is 13.0. The highest BCUT2D eigenvalue weighted by atomic mass is 16.5. The Hall–Kier alpha value is -2.32. The number of fused-ring (bicyclic) bond motifs is 3. The Morgan fingerprint density at radius 3 is 2.56 bits per heavy atom. The number of rotatable bonds is 6. The van der Waals surface area contributed by atoms with Crippen molar-refractivity contribution < 1.29 is 14.3 Å². The molecular weight excluding hydrogens is 430 g/mol. The lowest BCUT2D eigenvalue weighted by Gasteiger charge is -2.40. The average Bonchev–Trinajstić information content (AvgIpc) is 3.42. The standard InChI is InChI=1S/C26H35N5O3/c1-17-6-7-19-18(2)22-20-21(26(19,16-17)34-22)24(33)31(23(20)32)11-4-3-10-29-12-14-30(15-13-29)25-27-8-5-9-28-25/h5,8-9,17,20-22H,3-4,6-7,10-16H2,1-2H3. The quantitative estimate of drug-likeness (QED) is 0.362. The molecule has 1 aromatic heterocycles. The molecule has 5 aliphatic rings. The number of aromatic nitrogens is 2. The van der Waals surface area contributed by atoms with E-state index in [9.17, 15) is 9.59 Å². The summed E-state index contributed by atoms with van der Waals surface area (Å²) in [6.07, 6.45) is 8.27. The summed E-state index contributed by atoms with van der Waals surface area (Å²) in [7, 11) is 0. The molecule has 182 valence electrons. The lowest BCUT2D eigenvalue weighted by atomic mass is 9.62. The van der Waals surface area contributed by atoms with E-state index in [1.165, 1.54) is 11.1 Å². The normalized spacial score (nSPS) is 35.4. The third kappa shape index (κ3) is 3.33. The van der Waals surface area contributed by atoms with Gasteiger partial charge in [-0.3, -0.25) is 19.4 Å². The van der Waals surface area contributed by atoms with Crippen molar-refractivity contribution >= 4 is 17.8 Å². The molecular formula is C26H35N5O3. The van der Waals surface area contributed by atoms with E-state index in [0.29, 0.717) is 12.5 Å². The summed E-state index contributed by atoms with van der Waals surface area (Å²) in [5.74, 6) is 0.768. The molecule has 1 aromatic rings. The highest BCUT2D eigenvalue weighted by molar-refractivity contribution is 6.07. The summed E-state index contributed by atoms with van der Waals surface area (Å²) in [5.41, 5.74) is 2.07. The van der Waals surface area contributed by atoms with E-state index in [1.54, 1.807) is 17.3 Å². The Morgan fingerprint density at radius 1 is 1.06 bits per heavy atom. The Kier molecular flexibility index (Phi) is 5.48. The predicted molar refractivity (Wildman–Crippen MR) is 127 cm³/mol. The minimum Gasteiger partial charge on any atom is -0.361 e. The Morgan fingerprint density at radius 2 is 1.79 bits per heavy atom. The fourth-order valence-corrected chi connectivity index (χ4v) is 7.21. The number of carbonyl (C=O) groups is 2. The van der Waals surface area contributed by atoms with Gasteiger partial charge < -0.3 is 9.64 Å². The van der Waals surface area contributed by atoms with E-state index in [1.807, 2.05) is 6.07 Å². The maximum atomic E-state index is 13.5. The minimum absolute atomic E-state index is 0.00461. The van der Waals surface area contributed by atoms with E-state index in [2.05, 4.69) is 33.6 Å². The molecule has 2 bridgehead atoms. The summed E-state index contributed by atoms with van der Waals surface area (Å²) in [5, 5.41) is 0. The van der Waals surface area contributed by atoms with Gasteiger partial charge in [0.25, 0.3) is 0 Å². The number of imide groups is 1. The average molecular weight is 466 g/mol. The van der Waals surface area contributed by atoms with Crippen LogP contribution in [0.2, 0.25) is 0 Å². The van der Waals surface area contributed by atoms with E-state index in [-0.39, 0.29) is 29.8 Å². The number of carbonyl (C=O) groups excluding carboxylic acids is 2. The van der Waals surface area contributed by atoms with Gasteiger partial charge in [0.2, 0.25) is 17.8 Å². The predicted octanol–water partition coefficient (Wildman–Crippen LogP) is 2.27. The second-order valence-corrected chi connectivity index (χ2v) is 10.9. The van der Waals surface area contributed by atoms with Crippen molar-refractivity contribution in [1.29, 1.82) is 0 Å². The third-order valence-corrected chi connectivity index (χ3v) is 8.87. The molecule has 2 amide bonds. The van der Waals surface area contributed by atoms with Crippen LogP contribution in [0.1, 0.15) is 46.0 Å². The molecule has 4 aliphatic heterocycles. The van der Waals surface area contributed by atoms with Crippen LogP contribution in [0, 0.1) is 17.8 Å². The fraction of sp³-hybridized carbons (Fsp3) is 0.692. The van der Waals surface area contributed by atoms with E-state index in [0.717, 1.165) is 70.8 Å². The molecule has 0 radical (unpaired) electrons. The van der Waals surface area contributed by atoms with Crippen LogP contribution in [-0.2, 0) is 14.3 Å². The monoisotopic (exact) mass is 465 g/mol. The van der Waals surface area contributed by atoms with Crippen LogP contribution in [0.15, 0.2) is 29.6 Å². The molecule has 5 atom stereocenters. The zero-order chi connectivity index (χ0) is 23.4. The molecule has 4 fully saturated rings. The van der Waals surface area contributed by atoms with Crippen molar-refractivity contribution in [3.63, 3.8) is 0 Å². The number of anilines is 1. The Bertz CT molecular complexity index is 1000. The van der Waals surface area contributed by atoms with Gasteiger partial charge in [0.05, 0.1) is 17.9 Å². The van der Waals surface area contributed by atoms with Crippen molar-refractivity contribution in [3.8, 4) is 0 Å². The van der Waals surface area contributed by atoms with Crippen LogP contribution in [0.25, 0.3) is 0 Å². The summed E-state index contributed by atoms with van der Waals surface area (Å²) in [4.78, 5) is 41.8. The Labute approximate surface area is 201 Å². The first kappa shape index (κ1) is 22.2. The van der Waals surface area contributed by atoms with Gasteiger partial charge >= 0.3 is 0 Å². The molecule has 6 rings (SSSR count). The number of nitrogens with zero attached hydrogens (tertiary/aromatic N) is 5. The van der Waals surface area contributed by atoms with Gasteiger partial charge in [-0.2, -0.15) is 0 Å². The van der Waals surface area contributed by atoms with Crippen LogP contribution in [0.4, 0.5) is 5.95 Å². The largest absolute Gasteiger partial charge is 0.361 e. The van der Waals surface area contributed by atoms with Crippen LogP contribution < -0.4 is 4.90 Å². The zero-order valence-corrected chi connectivity index (χ0v) is 20.3. The van der Waals surface area contributed by atoms with Gasteiger partial charge in [0, 0.05) is 45.1 Å². The number of hydrogen-bond acceptors (Lipinski definition) is 7. The summed E-state index contributed by atoms with van der Waals surface area (Å²) >= 11 is 0. The van der Waals surface area contributed by atoms with Gasteiger partial charge in [-0.25, -0.2) is 9.97 Å². The molecule has 0 N–H and O–H groups in total. The van der Waals surface area contributed by atoms with E-state index < -0.39 is 5.60 Å². The van der Waals surface area contributed by atoms with Crippen LogP contribution in [0.5, 0.6) is 0 Å². The molecule has 5 heterocycles. The van der Waals surface area contributed by atoms with Crippen molar-refractivity contribution in [1.82, 2.24) is 19.8 Å². The number of amides is 2. The van der Waals surface area contributed by atoms with Gasteiger partial charge in [-0.15, -0.1) is 0 Å². The lowest BCUT2D eigenvalue weighted by molar-refractivity contribution is -0.145. The van der Waals surface area contributed by atoms with Crippen LogP contribution in [-0.4, -0.2) is 82.6 Å². The number of hydrogen-bond donors (Lipinski definition) is 0. The van der Waals surface area contributed by atoms with Gasteiger partial charge in [0.1, 0.15) is 5.60 Å². The fourth-order valence-electron chi connectivity index (χ4n) is 7.21. The summed E-state index contributed by atoms with van der Waals surface area (Å²) in [6.45, 7) is 9.71. The van der Waals surface area contributed by atoms with Gasteiger partial charge in [-0.05, 0) is 68.7 Å². The van der Waals surface area contributed by atoms with Crippen LogP contribution >= 0.6 is 0 Å². The van der Waals surface area contributed by atoms with Crippen molar-refractivity contribution in [3.05, 3.63) is 29.6 Å².